The maximum Gasteiger partial charge on any atom is 0.405 e. The maximum atomic E-state index is 12.7. The Bertz CT molecular complexity index is 1070. The van der Waals surface area contributed by atoms with Gasteiger partial charge in [0.1, 0.15) is 6.54 Å². The van der Waals surface area contributed by atoms with Gasteiger partial charge < -0.3 is 10.4 Å². The van der Waals surface area contributed by atoms with E-state index < -0.39 is 34.6 Å². The van der Waals surface area contributed by atoms with E-state index in [0.717, 1.165) is 12.1 Å². The van der Waals surface area contributed by atoms with Gasteiger partial charge in [0.2, 0.25) is 0 Å². The molecule has 0 bridgehead atoms. The number of anilines is 1. The Morgan fingerprint density at radius 2 is 1.72 bits per heavy atom. The minimum absolute atomic E-state index is 0.0672. The minimum atomic E-state index is -4.58. The molecule has 0 atom stereocenters. The first-order valence-electron chi connectivity index (χ1n) is 8.12. The van der Waals surface area contributed by atoms with Crippen LogP contribution in [0.25, 0.3) is 0 Å². The third-order valence-electron chi connectivity index (χ3n) is 3.98. The third kappa shape index (κ3) is 5.70. The minimum Gasteiger partial charge on any atom is -0.478 e. The van der Waals surface area contributed by atoms with Gasteiger partial charge in [-0.1, -0.05) is 6.07 Å². The van der Waals surface area contributed by atoms with Crippen LogP contribution in [0.3, 0.4) is 0 Å². The quantitative estimate of drug-likeness (QED) is 0.652. The molecule has 2 aromatic rings. The molecule has 2 aromatic carbocycles. The number of carboxylic acids is 1. The average molecular weight is 430 g/mol. The number of hydrogen-bond donors (Lipinski definition) is 3. The van der Waals surface area contributed by atoms with Crippen LogP contribution in [0.15, 0.2) is 41.3 Å². The number of nitrogens with one attached hydrogen (secondary N) is 2. The molecule has 0 aliphatic rings. The largest absolute Gasteiger partial charge is 0.478 e. The molecule has 0 unspecified atom stereocenters. The lowest BCUT2D eigenvalue weighted by atomic mass is 10.1. The fraction of sp³-hybridized carbons (Fsp3) is 0.222. The zero-order valence-corrected chi connectivity index (χ0v) is 16.1. The van der Waals surface area contributed by atoms with Crippen molar-refractivity contribution >= 4 is 27.6 Å². The Kier molecular flexibility index (Phi) is 6.21. The SMILES string of the molecule is Cc1cc(C(=O)O)cc(S(=O)(=O)Nc2cccc(C(=O)NCC(F)(F)F)c2)c1C. The van der Waals surface area contributed by atoms with E-state index in [2.05, 4.69) is 4.72 Å². The average Bonchev–Trinajstić information content (AvgIpc) is 2.60. The predicted octanol–water partition coefficient (Wildman–Crippen LogP) is 3.09. The van der Waals surface area contributed by atoms with Crippen molar-refractivity contribution in [3.8, 4) is 0 Å². The number of alkyl halides is 3. The number of halogens is 3. The van der Waals surface area contributed by atoms with Crippen molar-refractivity contribution in [3.63, 3.8) is 0 Å². The van der Waals surface area contributed by atoms with Crippen molar-refractivity contribution in [1.29, 1.82) is 0 Å². The summed E-state index contributed by atoms with van der Waals surface area (Å²) in [5.41, 5.74) is 0.324. The van der Waals surface area contributed by atoms with Crippen molar-refractivity contribution in [2.75, 3.05) is 11.3 Å². The molecule has 0 heterocycles. The fourth-order valence-corrected chi connectivity index (χ4v) is 3.84. The number of carbonyl (C=O) groups is 2. The number of carbonyl (C=O) groups excluding carboxylic acids is 1. The van der Waals surface area contributed by atoms with Gasteiger partial charge in [-0.25, -0.2) is 13.2 Å². The van der Waals surface area contributed by atoms with Crippen LogP contribution in [0, 0.1) is 13.8 Å². The third-order valence-corrected chi connectivity index (χ3v) is 5.49. The Morgan fingerprint density at radius 3 is 2.31 bits per heavy atom. The van der Waals surface area contributed by atoms with Gasteiger partial charge in [0.05, 0.1) is 10.5 Å². The molecule has 0 saturated heterocycles. The summed E-state index contributed by atoms with van der Waals surface area (Å²) in [5.74, 6) is -2.32. The number of aryl methyl sites for hydroxylation is 1. The highest BCUT2D eigenvalue weighted by Gasteiger charge is 2.28. The molecule has 0 aliphatic carbocycles. The molecular weight excluding hydrogens is 413 g/mol. The number of amides is 1. The molecule has 11 heteroatoms. The number of sulfonamides is 1. The summed E-state index contributed by atoms with van der Waals surface area (Å²) >= 11 is 0. The summed E-state index contributed by atoms with van der Waals surface area (Å²) in [6, 6.07) is 7.25. The zero-order chi connectivity index (χ0) is 22.0. The number of hydrogen-bond acceptors (Lipinski definition) is 4. The van der Waals surface area contributed by atoms with E-state index in [1.165, 1.54) is 31.2 Å². The van der Waals surface area contributed by atoms with Gasteiger partial charge in [0, 0.05) is 11.3 Å². The first-order valence-corrected chi connectivity index (χ1v) is 9.61. The number of carboxylic acid groups (broad SMARTS) is 1. The summed E-state index contributed by atoms with van der Waals surface area (Å²) in [7, 11) is -4.23. The predicted molar refractivity (Wildman–Crippen MR) is 98.5 cm³/mol. The van der Waals surface area contributed by atoms with Crippen LogP contribution in [-0.2, 0) is 10.0 Å². The summed E-state index contributed by atoms with van der Waals surface area (Å²) in [6.45, 7) is 1.55. The standard InChI is InChI=1S/C18H17F3N2O5S/c1-10-6-13(17(25)26)8-15(11(10)2)29(27,28)23-14-5-3-4-12(7-14)16(24)22-9-18(19,20)21/h3-8,23H,9H2,1-2H3,(H,22,24)(H,25,26). The van der Waals surface area contributed by atoms with Crippen LogP contribution < -0.4 is 10.0 Å². The second-order valence-corrected chi connectivity index (χ2v) is 7.86. The van der Waals surface area contributed by atoms with E-state index in [9.17, 15) is 31.2 Å². The molecule has 0 fully saturated rings. The smallest absolute Gasteiger partial charge is 0.405 e. The maximum absolute atomic E-state index is 12.7. The van der Waals surface area contributed by atoms with Gasteiger partial charge in [-0.15, -0.1) is 0 Å². The van der Waals surface area contributed by atoms with Gasteiger partial charge >= 0.3 is 12.1 Å². The van der Waals surface area contributed by atoms with Crippen molar-refractivity contribution in [3.05, 3.63) is 58.7 Å². The van der Waals surface area contributed by atoms with Gasteiger partial charge in [-0.2, -0.15) is 13.2 Å². The van der Waals surface area contributed by atoms with E-state index in [1.54, 1.807) is 12.2 Å². The number of rotatable bonds is 6. The Balaban J connectivity index is 2.32. The molecule has 1 amide bonds. The van der Waals surface area contributed by atoms with Crippen LogP contribution >= 0.6 is 0 Å². The van der Waals surface area contributed by atoms with Crippen molar-refractivity contribution in [2.24, 2.45) is 0 Å². The second kappa shape index (κ2) is 8.11. The van der Waals surface area contributed by atoms with Crippen LogP contribution in [0.1, 0.15) is 31.8 Å². The molecule has 0 aromatic heterocycles. The molecule has 0 aliphatic heterocycles. The van der Waals surface area contributed by atoms with E-state index in [0.29, 0.717) is 11.1 Å². The summed E-state index contributed by atoms with van der Waals surface area (Å²) in [6.07, 6.45) is -4.58. The van der Waals surface area contributed by atoms with Gasteiger partial charge in [0.25, 0.3) is 15.9 Å². The van der Waals surface area contributed by atoms with E-state index in [4.69, 9.17) is 5.11 Å². The molecule has 29 heavy (non-hydrogen) atoms. The zero-order valence-electron chi connectivity index (χ0n) is 15.3. The number of benzene rings is 2. The highest BCUT2D eigenvalue weighted by atomic mass is 32.2. The molecule has 0 saturated carbocycles. The second-order valence-electron chi connectivity index (χ2n) is 6.21. The van der Waals surface area contributed by atoms with E-state index in [-0.39, 0.29) is 21.7 Å². The highest BCUT2D eigenvalue weighted by molar-refractivity contribution is 7.92. The molecule has 7 nitrogen and oxygen atoms in total. The number of aromatic carboxylic acids is 1. The molecule has 3 N–H and O–H groups in total. The van der Waals surface area contributed by atoms with Gasteiger partial charge in [-0.05, 0) is 55.3 Å². The summed E-state index contributed by atoms with van der Waals surface area (Å²) in [4.78, 5) is 22.8. The monoisotopic (exact) mass is 430 g/mol. The van der Waals surface area contributed by atoms with Crippen LogP contribution in [-0.4, -0.2) is 38.1 Å². The van der Waals surface area contributed by atoms with Crippen LogP contribution in [0.5, 0.6) is 0 Å². The molecule has 0 radical (unpaired) electrons. The van der Waals surface area contributed by atoms with Crippen molar-refractivity contribution < 1.29 is 36.3 Å². The first-order chi connectivity index (χ1) is 13.3. The summed E-state index contributed by atoms with van der Waals surface area (Å²) < 4.78 is 64.4. The normalized spacial score (nSPS) is 11.8. The Hall–Kier alpha value is -3.08. The highest BCUT2D eigenvalue weighted by Crippen LogP contribution is 2.24. The lowest BCUT2D eigenvalue weighted by Gasteiger charge is -2.14. The van der Waals surface area contributed by atoms with E-state index in [1.807, 2.05) is 0 Å². The van der Waals surface area contributed by atoms with Gasteiger partial charge in [0.15, 0.2) is 0 Å². The van der Waals surface area contributed by atoms with Crippen molar-refractivity contribution in [1.82, 2.24) is 5.32 Å². The molecular formula is C18H17F3N2O5S. The van der Waals surface area contributed by atoms with Gasteiger partial charge in [-0.3, -0.25) is 9.52 Å². The lowest BCUT2D eigenvalue weighted by Crippen LogP contribution is -2.33. The molecule has 156 valence electrons. The molecule has 2 rings (SSSR count). The lowest BCUT2D eigenvalue weighted by molar-refractivity contribution is -0.123. The molecule has 0 spiro atoms. The van der Waals surface area contributed by atoms with E-state index >= 15 is 0 Å². The summed E-state index contributed by atoms with van der Waals surface area (Å²) in [5, 5.41) is 10.8. The van der Waals surface area contributed by atoms with Crippen LogP contribution in [0.4, 0.5) is 18.9 Å². The van der Waals surface area contributed by atoms with Crippen LogP contribution in [0.2, 0.25) is 0 Å². The fourth-order valence-electron chi connectivity index (χ4n) is 2.45. The topological polar surface area (TPSA) is 113 Å². The Morgan fingerprint density at radius 1 is 1.07 bits per heavy atom. The Labute approximate surface area is 164 Å². The first kappa shape index (κ1) is 22.2. The van der Waals surface area contributed by atoms with Crippen molar-refractivity contribution in [2.45, 2.75) is 24.9 Å².